The van der Waals surface area contributed by atoms with Gasteiger partial charge in [0.25, 0.3) is 0 Å². The lowest BCUT2D eigenvalue weighted by atomic mass is 11.2. The average Bonchev–Trinajstić information content (AvgIpc) is 2.46. The first-order valence-corrected chi connectivity index (χ1v) is 10.7. The van der Waals surface area contributed by atoms with Crippen LogP contribution in [0.25, 0.3) is 0 Å². The fourth-order valence-electron chi connectivity index (χ4n) is 1.40. The minimum Gasteiger partial charge on any atom is -0.225 e. The van der Waals surface area contributed by atoms with Crippen molar-refractivity contribution in [3.8, 4) is 0 Å². The molecule has 1 aliphatic heterocycles. The highest BCUT2D eigenvalue weighted by Crippen LogP contribution is 2.80. The third-order valence-corrected chi connectivity index (χ3v) is 12.6. The largest absolute Gasteiger partial charge is 0.225 e. The number of rotatable bonds is 6. The van der Waals surface area contributed by atoms with E-state index < -0.39 is 21.6 Å². The first-order valence-electron chi connectivity index (χ1n) is 5.20. The highest BCUT2D eigenvalue weighted by atomic mass is 31.2. The zero-order valence-electron chi connectivity index (χ0n) is 10.4. The maximum atomic E-state index is 4.76. The van der Waals surface area contributed by atoms with E-state index in [9.17, 15) is 0 Å². The summed E-state index contributed by atoms with van der Waals surface area (Å²) in [6.07, 6.45) is 0. The second kappa shape index (κ2) is 5.41. The third-order valence-electron chi connectivity index (χ3n) is 2.47. The van der Waals surface area contributed by atoms with Crippen molar-refractivity contribution in [1.29, 1.82) is 0 Å². The molecule has 0 aromatic heterocycles. The van der Waals surface area contributed by atoms with Gasteiger partial charge in [-0.25, -0.2) is 13.5 Å². The van der Waals surface area contributed by atoms with Crippen molar-refractivity contribution >= 4 is 21.6 Å². The highest BCUT2D eigenvalue weighted by Gasteiger charge is 2.27. The van der Waals surface area contributed by atoms with Crippen molar-refractivity contribution in [2.24, 2.45) is 13.5 Å². The Labute approximate surface area is 110 Å². The molecule has 0 atom stereocenters. The molecule has 0 unspecified atom stereocenters. The molecule has 0 aliphatic carbocycles. The molecule has 6 heteroatoms. The molecular weight excluding hydrogens is 279 g/mol. The van der Waals surface area contributed by atoms with E-state index in [1.54, 1.807) is 34.9 Å². The van der Waals surface area contributed by atoms with Crippen LogP contribution in [0.4, 0.5) is 0 Å². The number of nitrogens with zero attached hydrogens (tertiary/aromatic N) is 3. The molecule has 1 heterocycles. The predicted molar refractivity (Wildman–Crippen MR) is 89.2 cm³/mol. The Morgan fingerprint density at radius 1 is 0.444 bits per heavy atom. The second-order valence-electron chi connectivity index (χ2n) is 3.46. The molecule has 0 spiro atoms. The smallest absolute Gasteiger partial charge is 0.123 e. The van der Waals surface area contributed by atoms with E-state index >= 15 is 0 Å². The van der Waals surface area contributed by atoms with Crippen molar-refractivity contribution in [2.45, 2.75) is 0 Å². The van der Waals surface area contributed by atoms with Crippen molar-refractivity contribution in [1.82, 2.24) is 0 Å². The molecule has 3 nitrogen and oxygen atoms in total. The Kier molecular flexibility index (Phi) is 4.56. The van der Waals surface area contributed by atoms with Crippen LogP contribution in [-0.4, -0.2) is 0 Å². The van der Waals surface area contributed by atoms with Crippen LogP contribution in [0.15, 0.2) is 87.9 Å². The van der Waals surface area contributed by atoms with Gasteiger partial charge in [0.05, 0.1) is 0 Å². The first-order chi connectivity index (χ1) is 8.49. The van der Waals surface area contributed by atoms with Gasteiger partial charge in [-0.05, 0) is 34.9 Å². The van der Waals surface area contributed by atoms with E-state index in [0.717, 1.165) is 0 Å². The number of hydrogen-bond acceptors (Lipinski definition) is 3. The van der Waals surface area contributed by atoms with Gasteiger partial charge in [0, 0.05) is 0 Å². The monoisotopic (exact) mass is 297 g/mol. The summed E-state index contributed by atoms with van der Waals surface area (Å²) in [5, 5.41) is 0. The summed E-state index contributed by atoms with van der Waals surface area (Å²) in [4.78, 5) is 0. The lowest BCUT2D eigenvalue weighted by Crippen LogP contribution is -1.79. The molecule has 0 fully saturated rings. The molecule has 18 heavy (non-hydrogen) atoms. The van der Waals surface area contributed by atoms with Gasteiger partial charge in [-0.15, -0.1) is 0 Å². The standard InChI is InChI=1S/C12H18N3P3/c1-7-16(8-2)13-17(9-3,10-4)15-18(11-5,12-6)14-16/h7-12H,1-6H2. The Balaban J connectivity index is 3.97. The molecule has 1 rings (SSSR count). The molecule has 0 N–H and O–H groups in total. The van der Waals surface area contributed by atoms with Crippen LogP contribution in [0.1, 0.15) is 0 Å². The van der Waals surface area contributed by atoms with Crippen LogP contribution < -0.4 is 0 Å². The summed E-state index contributed by atoms with van der Waals surface area (Å²) in [5.74, 6) is 10.6. The summed E-state index contributed by atoms with van der Waals surface area (Å²) in [7, 11) is -6.49. The Morgan fingerprint density at radius 3 is 0.722 bits per heavy atom. The minimum absolute atomic E-state index is 1.76. The summed E-state index contributed by atoms with van der Waals surface area (Å²) in [5.41, 5.74) is 0. The lowest BCUT2D eigenvalue weighted by Gasteiger charge is -2.28. The van der Waals surface area contributed by atoms with E-state index in [-0.39, 0.29) is 0 Å². The Hall–Kier alpha value is -0.870. The van der Waals surface area contributed by atoms with Crippen LogP contribution in [-0.2, 0) is 0 Å². The summed E-state index contributed by atoms with van der Waals surface area (Å²) < 4.78 is 14.3. The van der Waals surface area contributed by atoms with Crippen LogP contribution >= 0.6 is 21.6 Å². The summed E-state index contributed by atoms with van der Waals surface area (Å²) in [6, 6.07) is 0. The fraction of sp³-hybridized carbons (Fsp3) is 0. The molecule has 0 radical (unpaired) electrons. The predicted octanol–water partition coefficient (Wildman–Crippen LogP) is 7.21. The molecule has 1 aliphatic rings. The van der Waals surface area contributed by atoms with E-state index in [1.165, 1.54) is 0 Å². The molecule has 0 saturated carbocycles. The highest BCUT2D eigenvalue weighted by molar-refractivity contribution is 7.92. The summed E-state index contributed by atoms with van der Waals surface area (Å²) >= 11 is 0. The van der Waals surface area contributed by atoms with Gasteiger partial charge in [-0.2, -0.15) is 0 Å². The molecule has 0 aromatic rings. The first kappa shape index (κ1) is 15.2. The van der Waals surface area contributed by atoms with E-state index in [4.69, 9.17) is 13.5 Å². The van der Waals surface area contributed by atoms with E-state index in [1.807, 2.05) is 0 Å². The summed E-state index contributed by atoms with van der Waals surface area (Å²) in [6.45, 7) is 23.1. The molecule has 0 aromatic carbocycles. The lowest BCUT2D eigenvalue weighted by molar-refractivity contribution is 1.69. The molecule has 0 amide bonds. The van der Waals surface area contributed by atoms with Gasteiger partial charge < -0.3 is 0 Å². The zero-order chi connectivity index (χ0) is 13.9. The Morgan fingerprint density at radius 2 is 0.611 bits per heavy atom. The second-order valence-corrected chi connectivity index (χ2v) is 12.0. The van der Waals surface area contributed by atoms with Gasteiger partial charge in [-0.1, -0.05) is 39.5 Å². The van der Waals surface area contributed by atoms with Crippen molar-refractivity contribution in [2.75, 3.05) is 0 Å². The van der Waals surface area contributed by atoms with Gasteiger partial charge >= 0.3 is 0 Å². The molecular formula is C12H18N3P3. The number of hydrogen-bond donors (Lipinski definition) is 0. The van der Waals surface area contributed by atoms with Crippen LogP contribution in [0.3, 0.4) is 0 Å². The fourth-order valence-corrected chi connectivity index (χ4v) is 12.3. The van der Waals surface area contributed by atoms with Gasteiger partial charge in [0.1, 0.15) is 21.6 Å². The van der Waals surface area contributed by atoms with Gasteiger partial charge in [-0.3, -0.25) is 0 Å². The maximum Gasteiger partial charge on any atom is 0.123 e. The minimum atomic E-state index is -2.16. The van der Waals surface area contributed by atoms with Crippen LogP contribution in [0.2, 0.25) is 0 Å². The van der Waals surface area contributed by atoms with Crippen molar-refractivity contribution in [3.63, 3.8) is 0 Å². The van der Waals surface area contributed by atoms with Crippen LogP contribution in [0.5, 0.6) is 0 Å². The molecule has 0 bridgehead atoms. The molecule has 0 saturated heterocycles. The van der Waals surface area contributed by atoms with E-state index in [0.29, 0.717) is 0 Å². The van der Waals surface area contributed by atoms with Gasteiger partial charge in [0.2, 0.25) is 0 Å². The quantitative estimate of drug-likeness (QED) is 0.464. The normalized spacial score (nSPS) is 22.0. The van der Waals surface area contributed by atoms with Crippen molar-refractivity contribution < 1.29 is 0 Å². The maximum absolute atomic E-state index is 4.76. The SMILES string of the molecule is C=CP1(C=C)=NP(C=C)(C=C)=NP(C=C)(C=C)=N1. The Bertz CT molecular complexity index is 470. The third kappa shape index (κ3) is 2.45. The van der Waals surface area contributed by atoms with Crippen LogP contribution in [0, 0.1) is 0 Å². The van der Waals surface area contributed by atoms with Crippen molar-refractivity contribution in [3.05, 3.63) is 74.4 Å². The van der Waals surface area contributed by atoms with E-state index in [2.05, 4.69) is 39.5 Å². The topological polar surface area (TPSA) is 37.1 Å². The average molecular weight is 297 g/mol. The zero-order valence-corrected chi connectivity index (χ0v) is 13.1. The van der Waals surface area contributed by atoms with Gasteiger partial charge in [0.15, 0.2) is 0 Å². The molecule has 96 valence electrons.